The Hall–Kier alpha value is -1.37. The molecule has 1 aliphatic rings. The Morgan fingerprint density at radius 1 is 1.41 bits per heavy atom. The lowest BCUT2D eigenvalue weighted by Gasteiger charge is -2.22. The zero-order chi connectivity index (χ0) is 12.1. The number of nitriles is 1. The molecule has 1 aromatic rings. The van der Waals surface area contributed by atoms with Crippen LogP contribution in [0.3, 0.4) is 0 Å². The van der Waals surface area contributed by atoms with Crippen LogP contribution in [-0.2, 0) is 16.1 Å². The molecule has 1 heterocycles. The lowest BCUT2D eigenvalue weighted by Crippen LogP contribution is -2.23. The molecule has 0 atom stereocenters. The highest BCUT2D eigenvalue weighted by molar-refractivity contribution is 5.37. The zero-order valence-corrected chi connectivity index (χ0v) is 10.1. The monoisotopic (exact) mass is 231 g/mol. The van der Waals surface area contributed by atoms with Crippen molar-refractivity contribution in [2.24, 2.45) is 0 Å². The van der Waals surface area contributed by atoms with Crippen molar-refractivity contribution in [3.05, 3.63) is 34.9 Å². The van der Waals surface area contributed by atoms with Crippen LogP contribution in [0.15, 0.2) is 18.2 Å². The number of hydrogen-bond acceptors (Lipinski definition) is 3. The van der Waals surface area contributed by atoms with Crippen LogP contribution in [-0.4, -0.2) is 19.3 Å². The van der Waals surface area contributed by atoms with Crippen molar-refractivity contribution in [1.29, 1.82) is 5.26 Å². The van der Waals surface area contributed by atoms with Crippen molar-refractivity contribution < 1.29 is 9.47 Å². The fourth-order valence-electron chi connectivity index (χ4n) is 1.98. The first kappa shape index (κ1) is 12.1. The van der Waals surface area contributed by atoms with Gasteiger partial charge in [-0.3, -0.25) is 0 Å². The summed E-state index contributed by atoms with van der Waals surface area (Å²) in [5, 5.41) is 8.79. The molecular formula is C14H17NO2. The summed E-state index contributed by atoms with van der Waals surface area (Å²) < 4.78 is 11.2. The van der Waals surface area contributed by atoms with Crippen LogP contribution in [0.5, 0.6) is 0 Å². The van der Waals surface area contributed by atoms with E-state index < -0.39 is 0 Å². The maximum absolute atomic E-state index is 8.79. The van der Waals surface area contributed by atoms with Gasteiger partial charge in [0.1, 0.15) is 0 Å². The molecule has 3 nitrogen and oxygen atoms in total. The summed E-state index contributed by atoms with van der Waals surface area (Å²) in [6.07, 6.45) is 2.28. The zero-order valence-electron chi connectivity index (χ0n) is 10.1. The molecule has 0 spiro atoms. The molecule has 0 aliphatic carbocycles. The maximum atomic E-state index is 8.79. The van der Waals surface area contributed by atoms with Crippen LogP contribution in [0.1, 0.15) is 29.5 Å². The van der Waals surface area contributed by atoms with Gasteiger partial charge in [-0.2, -0.15) is 5.26 Å². The van der Waals surface area contributed by atoms with Gasteiger partial charge in [-0.25, -0.2) is 0 Å². The number of hydrogen-bond donors (Lipinski definition) is 0. The number of rotatable bonds is 3. The van der Waals surface area contributed by atoms with Gasteiger partial charge in [0.25, 0.3) is 0 Å². The number of nitrogens with zero attached hydrogens (tertiary/aromatic N) is 1. The highest BCUT2D eigenvalue weighted by atomic mass is 16.5. The van der Waals surface area contributed by atoms with Crippen LogP contribution in [0.2, 0.25) is 0 Å². The molecule has 1 saturated heterocycles. The van der Waals surface area contributed by atoms with Crippen LogP contribution >= 0.6 is 0 Å². The van der Waals surface area contributed by atoms with Crippen LogP contribution in [0.25, 0.3) is 0 Å². The van der Waals surface area contributed by atoms with Crippen molar-refractivity contribution in [2.75, 3.05) is 13.2 Å². The molecule has 17 heavy (non-hydrogen) atoms. The van der Waals surface area contributed by atoms with Crippen LogP contribution < -0.4 is 0 Å². The van der Waals surface area contributed by atoms with E-state index in [4.69, 9.17) is 14.7 Å². The topological polar surface area (TPSA) is 42.2 Å². The van der Waals surface area contributed by atoms with Gasteiger partial charge in [-0.05, 0) is 43.0 Å². The Morgan fingerprint density at radius 3 is 2.82 bits per heavy atom. The summed E-state index contributed by atoms with van der Waals surface area (Å²) >= 11 is 0. The first-order valence-corrected chi connectivity index (χ1v) is 5.98. The second-order valence-electron chi connectivity index (χ2n) is 4.38. The molecule has 1 aromatic carbocycles. The second kappa shape index (κ2) is 5.81. The Labute approximate surface area is 102 Å². The fraction of sp³-hybridized carbons (Fsp3) is 0.500. The van der Waals surface area contributed by atoms with E-state index in [0.29, 0.717) is 18.3 Å². The van der Waals surface area contributed by atoms with Crippen molar-refractivity contribution in [3.8, 4) is 6.07 Å². The minimum atomic E-state index is 0.318. The lowest BCUT2D eigenvalue weighted by atomic mass is 10.1. The van der Waals surface area contributed by atoms with Crippen molar-refractivity contribution >= 4 is 0 Å². The van der Waals surface area contributed by atoms with E-state index in [9.17, 15) is 0 Å². The Kier molecular flexibility index (Phi) is 4.13. The molecule has 1 aliphatic heterocycles. The molecule has 0 aromatic heterocycles. The predicted molar refractivity (Wildman–Crippen MR) is 64.5 cm³/mol. The Bertz CT molecular complexity index is 417. The minimum absolute atomic E-state index is 0.318. The standard InChI is InChI=1S/C14H17NO2/c1-11-8-12(9-15)2-3-13(11)10-17-14-4-6-16-7-5-14/h2-3,8,14H,4-7,10H2,1H3. The van der Waals surface area contributed by atoms with Gasteiger partial charge < -0.3 is 9.47 Å². The lowest BCUT2D eigenvalue weighted by molar-refractivity contribution is -0.0391. The van der Waals surface area contributed by atoms with Gasteiger partial charge in [0, 0.05) is 13.2 Å². The van der Waals surface area contributed by atoms with Gasteiger partial charge in [-0.15, -0.1) is 0 Å². The summed E-state index contributed by atoms with van der Waals surface area (Å²) in [6.45, 7) is 4.25. The highest BCUT2D eigenvalue weighted by Crippen LogP contribution is 2.16. The Balaban J connectivity index is 1.92. The van der Waals surface area contributed by atoms with Crippen molar-refractivity contribution in [1.82, 2.24) is 0 Å². The van der Waals surface area contributed by atoms with Crippen LogP contribution in [0, 0.1) is 18.3 Å². The number of ether oxygens (including phenoxy) is 2. The highest BCUT2D eigenvalue weighted by Gasteiger charge is 2.14. The first-order valence-electron chi connectivity index (χ1n) is 5.98. The van der Waals surface area contributed by atoms with Gasteiger partial charge in [0.15, 0.2) is 0 Å². The quantitative estimate of drug-likeness (QED) is 0.802. The predicted octanol–water partition coefficient (Wildman–Crippen LogP) is 2.56. The third-order valence-electron chi connectivity index (χ3n) is 3.11. The normalized spacial score (nSPS) is 16.7. The molecule has 90 valence electrons. The largest absolute Gasteiger partial charge is 0.381 e. The van der Waals surface area contributed by atoms with Gasteiger partial charge in [0.2, 0.25) is 0 Å². The third-order valence-corrected chi connectivity index (χ3v) is 3.11. The fourth-order valence-corrected chi connectivity index (χ4v) is 1.98. The van der Waals surface area contributed by atoms with Gasteiger partial charge in [-0.1, -0.05) is 6.07 Å². The van der Waals surface area contributed by atoms with E-state index in [1.807, 2.05) is 25.1 Å². The molecule has 0 unspecified atom stereocenters. The molecule has 0 N–H and O–H groups in total. The van der Waals surface area contributed by atoms with E-state index in [1.165, 1.54) is 0 Å². The molecule has 1 fully saturated rings. The van der Waals surface area contributed by atoms with E-state index in [-0.39, 0.29) is 0 Å². The average molecular weight is 231 g/mol. The molecular weight excluding hydrogens is 214 g/mol. The summed E-state index contributed by atoms with van der Waals surface area (Å²) in [5.41, 5.74) is 2.99. The summed E-state index contributed by atoms with van der Waals surface area (Å²) in [5.74, 6) is 0. The van der Waals surface area contributed by atoms with Crippen molar-refractivity contribution in [3.63, 3.8) is 0 Å². The second-order valence-corrected chi connectivity index (χ2v) is 4.38. The Morgan fingerprint density at radius 2 is 2.18 bits per heavy atom. The molecule has 0 amide bonds. The smallest absolute Gasteiger partial charge is 0.0991 e. The van der Waals surface area contributed by atoms with E-state index in [1.54, 1.807) is 0 Å². The van der Waals surface area contributed by atoms with Crippen molar-refractivity contribution in [2.45, 2.75) is 32.5 Å². The van der Waals surface area contributed by atoms with E-state index >= 15 is 0 Å². The first-order chi connectivity index (χ1) is 8.29. The SMILES string of the molecule is Cc1cc(C#N)ccc1COC1CCOCC1. The van der Waals surface area contributed by atoms with Crippen LogP contribution in [0.4, 0.5) is 0 Å². The summed E-state index contributed by atoms with van der Waals surface area (Å²) in [6, 6.07) is 7.87. The molecule has 0 radical (unpaired) electrons. The van der Waals surface area contributed by atoms with E-state index in [0.717, 1.165) is 37.2 Å². The summed E-state index contributed by atoms with van der Waals surface area (Å²) in [7, 11) is 0. The van der Waals surface area contributed by atoms with Gasteiger partial charge >= 0.3 is 0 Å². The summed E-state index contributed by atoms with van der Waals surface area (Å²) in [4.78, 5) is 0. The molecule has 0 bridgehead atoms. The van der Waals surface area contributed by atoms with Gasteiger partial charge in [0.05, 0.1) is 24.3 Å². The average Bonchev–Trinajstić information content (AvgIpc) is 2.38. The molecule has 2 rings (SSSR count). The number of aryl methyl sites for hydroxylation is 1. The van der Waals surface area contributed by atoms with E-state index in [2.05, 4.69) is 6.07 Å². The maximum Gasteiger partial charge on any atom is 0.0991 e. The number of benzene rings is 1. The molecule has 3 heteroatoms. The third kappa shape index (κ3) is 3.29. The molecule has 0 saturated carbocycles. The minimum Gasteiger partial charge on any atom is -0.381 e.